The molecule has 0 atom stereocenters. The number of aromatic nitrogens is 4. The number of nitrogens with zero attached hydrogens (tertiary/aromatic N) is 5. The fourth-order valence-corrected chi connectivity index (χ4v) is 3.55. The van der Waals surface area contributed by atoms with Gasteiger partial charge in [0.15, 0.2) is 4.34 Å². The lowest BCUT2D eigenvalue weighted by Crippen LogP contribution is -2.31. The summed E-state index contributed by atoms with van der Waals surface area (Å²) < 4.78 is 0.947. The summed E-state index contributed by atoms with van der Waals surface area (Å²) in [6.07, 6.45) is 5.49. The summed E-state index contributed by atoms with van der Waals surface area (Å²) >= 11 is 3.07. The maximum absolute atomic E-state index is 4.57. The normalized spacial score (nSPS) is 15.3. The minimum absolute atomic E-state index is 0.611. The van der Waals surface area contributed by atoms with Crippen LogP contribution in [0.3, 0.4) is 0 Å². The van der Waals surface area contributed by atoms with Crippen molar-refractivity contribution in [2.75, 3.05) is 30.4 Å². The molecule has 8 heteroatoms. The van der Waals surface area contributed by atoms with Gasteiger partial charge in [-0.15, -0.1) is 11.3 Å². The summed E-state index contributed by atoms with van der Waals surface area (Å²) in [5.74, 6) is 1.38. The second-order valence-corrected chi connectivity index (χ2v) is 6.55. The third kappa shape index (κ3) is 3.18. The Hall–Kier alpha value is -1.41. The van der Waals surface area contributed by atoms with E-state index in [9.17, 15) is 0 Å². The molecule has 0 bridgehead atoms. The Morgan fingerprint density at radius 3 is 2.75 bits per heavy atom. The minimum atomic E-state index is 0.611. The second kappa shape index (κ2) is 6.36. The van der Waals surface area contributed by atoms with E-state index in [1.165, 1.54) is 31.0 Å². The van der Waals surface area contributed by atoms with Gasteiger partial charge in [-0.3, -0.25) is 0 Å². The van der Waals surface area contributed by atoms with Gasteiger partial charge in [-0.2, -0.15) is 15.0 Å². The second-order valence-electron chi connectivity index (χ2n) is 4.44. The molecule has 0 aliphatic carbocycles. The molecule has 3 rings (SSSR count). The zero-order valence-electron chi connectivity index (χ0n) is 11.2. The van der Waals surface area contributed by atoms with Crippen LogP contribution in [-0.2, 0) is 0 Å². The minimum Gasteiger partial charge on any atom is -0.357 e. The van der Waals surface area contributed by atoms with E-state index < -0.39 is 0 Å². The lowest BCUT2D eigenvalue weighted by molar-refractivity contribution is 0.565. The molecule has 0 saturated carbocycles. The Morgan fingerprint density at radius 1 is 1.20 bits per heavy atom. The van der Waals surface area contributed by atoms with Gasteiger partial charge in [0.25, 0.3) is 0 Å². The molecule has 3 heterocycles. The van der Waals surface area contributed by atoms with Crippen molar-refractivity contribution in [1.82, 2.24) is 19.9 Å². The van der Waals surface area contributed by atoms with Gasteiger partial charge in [0.2, 0.25) is 17.1 Å². The van der Waals surface area contributed by atoms with Crippen molar-refractivity contribution in [1.29, 1.82) is 0 Å². The number of hydrogen-bond acceptors (Lipinski definition) is 8. The molecule has 6 nitrogen and oxygen atoms in total. The maximum Gasteiger partial charge on any atom is 0.231 e. The van der Waals surface area contributed by atoms with Crippen molar-refractivity contribution >= 4 is 35.0 Å². The average molecular weight is 308 g/mol. The van der Waals surface area contributed by atoms with Crippen molar-refractivity contribution in [2.24, 2.45) is 0 Å². The molecule has 1 aliphatic heterocycles. The van der Waals surface area contributed by atoms with Gasteiger partial charge in [-0.1, -0.05) is 0 Å². The number of hydrogen-bond donors (Lipinski definition) is 1. The fraction of sp³-hybridized carbons (Fsp3) is 0.500. The largest absolute Gasteiger partial charge is 0.357 e. The summed E-state index contributed by atoms with van der Waals surface area (Å²) in [6, 6.07) is 0. The monoisotopic (exact) mass is 308 g/mol. The summed E-state index contributed by atoms with van der Waals surface area (Å²) in [5.41, 5.74) is 0. The predicted octanol–water partition coefficient (Wildman–Crippen LogP) is 2.51. The van der Waals surface area contributed by atoms with Crippen LogP contribution in [-0.4, -0.2) is 40.1 Å². The third-order valence-electron chi connectivity index (χ3n) is 3.05. The summed E-state index contributed by atoms with van der Waals surface area (Å²) in [5, 5.41) is 5.65. The highest BCUT2D eigenvalue weighted by molar-refractivity contribution is 8.00. The highest BCUT2D eigenvalue weighted by Crippen LogP contribution is 2.28. The highest BCUT2D eigenvalue weighted by atomic mass is 32.2. The zero-order valence-corrected chi connectivity index (χ0v) is 12.9. The fourth-order valence-electron chi connectivity index (χ4n) is 2.08. The van der Waals surface area contributed by atoms with Crippen LogP contribution < -0.4 is 10.2 Å². The molecule has 1 fully saturated rings. The molecule has 1 aliphatic rings. The maximum atomic E-state index is 4.57. The first-order chi connectivity index (χ1) is 9.85. The van der Waals surface area contributed by atoms with Gasteiger partial charge in [0.05, 0.1) is 0 Å². The van der Waals surface area contributed by atoms with Crippen molar-refractivity contribution in [3.63, 3.8) is 0 Å². The zero-order chi connectivity index (χ0) is 13.8. The molecule has 0 aromatic carbocycles. The van der Waals surface area contributed by atoms with Crippen molar-refractivity contribution < 1.29 is 0 Å². The number of nitrogens with one attached hydrogen (secondary N) is 1. The Kier molecular flexibility index (Phi) is 4.31. The molecule has 20 heavy (non-hydrogen) atoms. The number of anilines is 2. The SMILES string of the molecule is CNc1nc(Sc2nccs2)nc(N2CCCCC2)n1. The van der Waals surface area contributed by atoms with Gasteiger partial charge in [-0.05, 0) is 31.0 Å². The molecular formula is C12H16N6S2. The van der Waals surface area contributed by atoms with E-state index in [4.69, 9.17) is 0 Å². The highest BCUT2D eigenvalue weighted by Gasteiger charge is 2.16. The van der Waals surface area contributed by atoms with Crippen molar-refractivity contribution in [2.45, 2.75) is 28.8 Å². The van der Waals surface area contributed by atoms with E-state index in [1.807, 2.05) is 12.4 Å². The van der Waals surface area contributed by atoms with Crippen LogP contribution in [0.5, 0.6) is 0 Å². The van der Waals surface area contributed by atoms with E-state index in [1.54, 1.807) is 17.5 Å². The molecule has 0 amide bonds. The molecule has 1 N–H and O–H groups in total. The molecule has 0 spiro atoms. The first-order valence-electron chi connectivity index (χ1n) is 6.61. The Bertz CT molecular complexity index is 553. The Balaban J connectivity index is 1.85. The summed E-state index contributed by atoms with van der Waals surface area (Å²) in [6.45, 7) is 2.04. The van der Waals surface area contributed by atoms with Crippen LogP contribution in [0, 0.1) is 0 Å². The third-order valence-corrected chi connectivity index (χ3v) is 4.80. The Labute approximate surface area is 126 Å². The summed E-state index contributed by atoms with van der Waals surface area (Å²) in [4.78, 5) is 19.9. The number of piperidine rings is 1. The lowest BCUT2D eigenvalue weighted by atomic mass is 10.1. The molecule has 106 valence electrons. The smallest absolute Gasteiger partial charge is 0.231 e. The first kappa shape index (κ1) is 13.6. The van der Waals surface area contributed by atoms with Crippen molar-refractivity contribution in [3.05, 3.63) is 11.6 Å². The van der Waals surface area contributed by atoms with Gasteiger partial charge < -0.3 is 10.2 Å². The van der Waals surface area contributed by atoms with E-state index in [2.05, 4.69) is 30.2 Å². The molecule has 2 aromatic rings. The predicted molar refractivity (Wildman–Crippen MR) is 81.7 cm³/mol. The average Bonchev–Trinajstić information content (AvgIpc) is 3.00. The molecule has 2 aromatic heterocycles. The quantitative estimate of drug-likeness (QED) is 0.930. The van der Waals surface area contributed by atoms with E-state index in [-0.39, 0.29) is 0 Å². The standard InChI is InChI=1S/C12H16N6S2/c1-13-9-15-10(18-6-3-2-4-7-18)17-11(16-9)20-12-14-5-8-19-12/h5,8H,2-4,6-7H2,1H3,(H,13,15,16,17). The first-order valence-corrected chi connectivity index (χ1v) is 8.31. The topological polar surface area (TPSA) is 66.8 Å². The van der Waals surface area contributed by atoms with Gasteiger partial charge in [0.1, 0.15) is 0 Å². The van der Waals surface area contributed by atoms with Crippen LogP contribution in [0.15, 0.2) is 21.1 Å². The lowest BCUT2D eigenvalue weighted by Gasteiger charge is -2.26. The van der Waals surface area contributed by atoms with Crippen molar-refractivity contribution in [3.8, 4) is 0 Å². The molecular weight excluding hydrogens is 292 g/mol. The van der Waals surface area contributed by atoms with Crippen LogP contribution in [0.4, 0.5) is 11.9 Å². The number of thiazole rings is 1. The van der Waals surface area contributed by atoms with E-state index >= 15 is 0 Å². The van der Waals surface area contributed by atoms with Crippen LogP contribution in [0.1, 0.15) is 19.3 Å². The molecule has 0 unspecified atom stereocenters. The van der Waals surface area contributed by atoms with E-state index in [0.29, 0.717) is 11.1 Å². The molecule has 1 saturated heterocycles. The van der Waals surface area contributed by atoms with Gasteiger partial charge in [0, 0.05) is 31.7 Å². The van der Waals surface area contributed by atoms with Crippen LogP contribution in [0.2, 0.25) is 0 Å². The van der Waals surface area contributed by atoms with E-state index in [0.717, 1.165) is 23.4 Å². The molecule has 0 radical (unpaired) electrons. The van der Waals surface area contributed by atoms with Gasteiger partial charge >= 0.3 is 0 Å². The Morgan fingerprint density at radius 2 is 2.05 bits per heavy atom. The van der Waals surface area contributed by atoms with Crippen LogP contribution in [0.25, 0.3) is 0 Å². The number of rotatable bonds is 4. The van der Waals surface area contributed by atoms with Crippen LogP contribution >= 0.6 is 23.1 Å². The van der Waals surface area contributed by atoms with Gasteiger partial charge in [-0.25, -0.2) is 4.98 Å². The summed E-state index contributed by atoms with van der Waals surface area (Å²) in [7, 11) is 1.83.